The van der Waals surface area contributed by atoms with Crippen LogP contribution in [0.4, 0.5) is 10.1 Å². The first-order valence-electron chi connectivity index (χ1n) is 4.86. The molecule has 4 nitrogen and oxygen atoms in total. The van der Waals surface area contributed by atoms with Crippen LogP contribution in [0.1, 0.15) is 16.1 Å². The van der Waals surface area contributed by atoms with Crippen molar-refractivity contribution >= 4 is 27.5 Å². The second kappa shape index (κ2) is 5.02. The molecule has 18 heavy (non-hydrogen) atoms. The van der Waals surface area contributed by atoms with Crippen molar-refractivity contribution in [2.75, 3.05) is 5.32 Å². The van der Waals surface area contributed by atoms with Gasteiger partial charge in [-0.05, 0) is 46.3 Å². The number of hydrogen-bond acceptors (Lipinski definition) is 3. The summed E-state index contributed by atoms with van der Waals surface area (Å²) in [5.41, 5.74) is 0.193. The largest absolute Gasteiger partial charge is 0.444 e. The number of carbonyl (C=O) groups is 1. The third kappa shape index (κ3) is 2.57. The van der Waals surface area contributed by atoms with Crippen molar-refractivity contribution in [2.24, 2.45) is 0 Å². The summed E-state index contributed by atoms with van der Waals surface area (Å²) in [6.07, 6.45) is 0. The summed E-state index contributed by atoms with van der Waals surface area (Å²) in [6.45, 7) is 0. The molecule has 0 unspecified atom stereocenters. The van der Waals surface area contributed by atoms with Crippen molar-refractivity contribution in [1.82, 2.24) is 0 Å². The minimum absolute atomic E-state index is 0.115. The van der Waals surface area contributed by atoms with Gasteiger partial charge < -0.3 is 9.73 Å². The number of hydrogen-bond donors (Lipinski definition) is 1. The van der Waals surface area contributed by atoms with Crippen molar-refractivity contribution in [3.63, 3.8) is 0 Å². The van der Waals surface area contributed by atoms with Crippen LogP contribution in [0.25, 0.3) is 0 Å². The Hall–Kier alpha value is -2.13. The van der Waals surface area contributed by atoms with Gasteiger partial charge in [-0.15, -0.1) is 0 Å². The van der Waals surface area contributed by atoms with Gasteiger partial charge >= 0.3 is 0 Å². The third-order valence-corrected chi connectivity index (χ3v) is 2.57. The van der Waals surface area contributed by atoms with Gasteiger partial charge in [-0.2, -0.15) is 5.26 Å². The molecule has 90 valence electrons. The minimum atomic E-state index is -0.628. The number of halogens is 2. The van der Waals surface area contributed by atoms with Crippen LogP contribution in [0.3, 0.4) is 0 Å². The van der Waals surface area contributed by atoms with Gasteiger partial charge in [0.25, 0.3) is 5.91 Å². The highest BCUT2D eigenvalue weighted by atomic mass is 79.9. The summed E-state index contributed by atoms with van der Waals surface area (Å²) >= 11 is 3.08. The van der Waals surface area contributed by atoms with E-state index < -0.39 is 11.7 Å². The Bertz CT molecular complexity index is 646. The number of nitrogens with one attached hydrogen (secondary N) is 1. The maximum Gasteiger partial charge on any atom is 0.291 e. The molecule has 0 aliphatic carbocycles. The highest BCUT2D eigenvalue weighted by Gasteiger charge is 2.11. The molecule has 1 aromatic carbocycles. The number of benzene rings is 1. The molecule has 0 saturated heterocycles. The summed E-state index contributed by atoms with van der Waals surface area (Å²) in [7, 11) is 0. The molecule has 0 atom stereocenters. The van der Waals surface area contributed by atoms with E-state index in [2.05, 4.69) is 21.2 Å². The topological polar surface area (TPSA) is 66.0 Å². The van der Waals surface area contributed by atoms with Gasteiger partial charge in [0.1, 0.15) is 11.9 Å². The lowest BCUT2D eigenvalue weighted by atomic mass is 10.2. The Morgan fingerprint density at radius 2 is 2.17 bits per heavy atom. The number of furan rings is 1. The molecule has 0 saturated carbocycles. The van der Waals surface area contributed by atoms with E-state index in [0.29, 0.717) is 10.4 Å². The predicted octanol–water partition coefficient (Wildman–Crippen LogP) is 3.31. The first-order valence-corrected chi connectivity index (χ1v) is 5.66. The smallest absolute Gasteiger partial charge is 0.291 e. The van der Waals surface area contributed by atoms with E-state index in [4.69, 9.17) is 9.68 Å². The molecule has 2 rings (SSSR count). The zero-order valence-corrected chi connectivity index (χ0v) is 10.5. The molecule has 1 heterocycles. The zero-order chi connectivity index (χ0) is 13.1. The van der Waals surface area contributed by atoms with Gasteiger partial charge in [0, 0.05) is 5.69 Å². The second-order valence-electron chi connectivity index (χ2n) is 3.36. The van der Waals surface area contributed by atoms with Gasteiger partial charge in [-0.3, -0.25) is 4.79 Å². The van der Waals surface area contributed by atoms with Crippen LogP contribution < -0.4 is 5.32 Å². The van der Waals surface area contributed by atoms with Gasteiger partial charge in [0.15, 0.2) is 10.4 Å². The number of amides is 1. The second-order valence-corrected chi connectivity index (χ2v) is 4.15. The van der Waals surface area contributed by atoms with Crippen molar-refractivity contribution in [3.05, 3.63) is 52.1 Å². The monoisotopic (exact) mass is 308 g/mol. The highest BCUT2D eigenvalue weighted by molar-refractivity contribution is 9.10. The minimum Gasteiger partial charge on any atom is -0.444 e. The number of rotatable bonds is 2. The summed E-state index contributed by atoms with van der Waals surface area (Å²) < 4.78 is 18.6. The zero-order valence-electron chi connectivity index (χ0n) is 8.91. The standard InChI is InChI=1S/C12H6BrFN2O2/c13-11-4-3-10(18-11)12(17)16-8-1-2-9(14)7(5-8)6-15/h1-5H,(H,16,17). The van der Waals surface area contributed by atoms with Gasteiger partial charge in [-0.25, -0.2) is 4.39 Å². The fraction of sp³-hybridized carbons (Fsp3) is 0. The first kappa shape index (κ1) is 12.3. The molecule has 0 fully saturated rings. The Morgan fingerprint density at radius 1 is 1.39 bits per heavy atom. The summed E-state index contributed by atoms with van der Waals surface area (Å²) in [5, 5.41) is 11.2. The normalized spacial score (nSPS) is 9.83. The fourth-order valence-corrected chi connectivity index (χ4v) is 1.62. The molecular formula is C12H6BrFN2O2. The summed E-state index contributed by atoms with van der Waals surface area (Å²) in [4.78, 5) is 11.7. The Labute approximate surface area is 110 Å². The molecule has 0 aliphatic rings. The van der Waals surface area contributed by atoms with Crippen molar-refractivity contribution in [2.45, 2.75) is 0 Å². The van der Waals surface area contributed by atoms with Gasteiger partial charge in [0.05, 0.1) is 5.56 Å². The van der Waals surface area contributed by atoms with Crippen LogP contribution in [-0.2, 0) is 0 Å². The fourth-order valence-electron chi connectivity index (χ4n) is 1.32. The first-order chi connectivity index (χ1) is 8.60. The molecule has 0 bridgehead atoms. The number of nitrogens with zero attached hydrogens (tertiary/aromatic N) is 1. The van der Waals surface area contributed by atoms with Gasteiger partial charge in [-0.1, -0.05) is 0 Å². The van der Waals surface area contributed by atoms with Gasteiger partial charge in [0.2, 0.25) is 0 Å². The van der Waals surface area contributed by atoms with E-state index >= 15 is 0 Å². The maximum absolute atomic E-state index is 13.1. The van der Waals surface area contributed by atoms with Crippen LogP contribution in [0.2, 0.25) is 0 Å². The maximum atomic E-state index is 13.1. The van der Waals surface area contributed by atoms with Crippen molar-refractivity contribution < 1.29 is 13.6 Å². The Morgan fingerprint density at radius 3 is 2.78 bits per heavy atom. The predicted molar refractivity (Wildman–Crippen MR) is 65.5 cm³/mol. The van der Waals surface area contributed by atoms with E-state index in [0.717, 1.165) is 6.07 Å². The van der Waals surface area contributed by atoms with Crippen LogP contribution in [0.15, 0.2) is 39.4 Å². The third-order valence-electron chi connectivity index (χ3n) is 2.14. The lowest BCUT2D eigenvalue weighted by molar-refractivity contribution is 0.0995. The lowest BCUT2D eigenvalue weighted by Gasteiger charge is -2.03. The van der Waals surface area contributed by atoms with Crippen molar-refractivity contribution in [1.29, 1.82) is 5.26 Å². The SMILES string of the molecule is N#Cc1cc(NC(=O)c2ccc(Br)o2)ccc1F. The van der Waals surface area contributed by atoms with Crippen LogP contribution in [0, 0.1) is 17.1 Å². The molecule has 2 aromatic rings. The lowest BCUT2D eigenvalue weighted by Crippen LogP contribution is -2.11. The Kier molecular flexibility index (Phi) is 3.44. The average molecular weight is 309 g/mol. The highest BCUT2D eigenvalue weighted by Crippen LogP contribution is 2.17. The molecule has 1 aromatic heterocycles. The molecular weight excluding hydrogens is 303 g/mol. The molecule has 0 spiro atoms. The quantitative estimate of drug-likeness (QED) is 0.925. The molecule has 0 aliphatic heterocycles. The van der Waals surface area contributed by atoms with Crippen LogP contribution in [-0.4, -0.2) is 5.91 Å². The van der Waals surface area contributed by atoms with E-state index in [1.165, 1.54) is 18.2 Å². The number of anilines is 1. The van der Waals surface area contributed by atoms with E-state index in [1.54, 1.807) is 12.1 Å². The summed E-state index contributed by atoms with van der Waals surface area (Å²) in [6, 6.07) is 8.51. The van der Waals surface area contributed by atoms with Crippen LogP contribution >= 0.6 is 15.9 Å². The average Bonchev–Trinajstić information content (AvgIpc) is 2.78. The molecule has 1 N–H and O–H groups in total. The van der Waals surface area contributed by atoms with E-state index in [9.17, 15) is 9.18 Å². The summed E-state index contributed by atoms with van der Waals surface area (Å²) in [5.74, 6) is -0.989. The molecule has 6 heteroatoms. The van der Waals surface area contributed by atoms with Crippen LogP contribution in [0.5, 0.6) is 0 Å². The van der Waals surface area contributed by atoms with E-state index in [1.807, 2.05) is 0 Å². The molecule has 1 amide bonds. The number of carbonyl (C=O) groups excluding carboxylic acids is 1. The molecule has 0 radical (unpaired) electrons. The number of nitriles is 1. The Balaban J connectivity index is 2.20. The van der Waals surface area contributed by atoms with Crippen molar-refractivity contribution in [3.8, 4) is 6.07 Å². The van der Waals surface area contributed by atoms with E-state index in [-0.39, 0.29) is 11.3 Å².